The van der Waals surface area contributed by atoms with Gasteiger partial charge in [0.05, 0.1) is 10.6 Å². The van der Waals surface area contributed by atoms with Crippen LogP contribution in [0.2, 0.25) is 5.02 Å². The molecule has 2 aromatic heterocycles. The average Bonchev–Trinajstić information content (AvgIpc) is 3.41. The molecule has 3 aromatic rings. The summed E-state index contributed by atoms with van der Waals surface area (Å²) in [5, 5.41) is 12.2. The lowest BCUT2D eigenvalue weighted by atomic mass is 10.2. The monoisotopic (exact) mass is 447 g/mol. The van der Waals surface area contributed by atoms with Crippen molar-refractivity contribution in [2.75, 3.05) is 36.8 Å². The second-order valence-corrected chi connectivity index (χ2v) is 8.99. The Morgan fingerprint density at radius 1 is 1.17 bits per heavy atom. The molecule has 1 amide bonds. The first-order valence-corrected chi connectivity index (χ1v) is 11.8. The van der Waals surface area contributed by atoms with Crippen molar-refractivity contribution in [2.24, 2.45) is 0 Å². The lowest BCUT2D eigenvalue weighted by Crippen LogP contribution is -2.49. The van der Waals surface area contributed by atoms with Crippen LogP contribution in [0, 0.1) is 0 Å². The third kappa shape index (κ3) is 4.60. The van der Waals surface area contributed by atoms with Crippen LogP contribution in [0.3, 0.4) is 0 Å². The van der Waals surface area contributed by atoms with E-state index in [1.165, 1.54) is 11.8 Å². The van der Waals surface area contributed by atoms with E-state index in [0.29, 0.717) is 18.8 Å². The van der Waals surface area contributed by atoms with Crippen molar-refractivity contribution >= 4 is 46.3 Å². The van der Waals surface area contributed by atoms with E-state index < -0.39 is 0 Å². The normalized spacial score (nSPS) is 14.4. The number of aromatic nitrogens is 3. The van der Waals surface area contributed by atoms with E-state index in [-0.39, 0.29) is 5.91 Å². The highest BCUT2D eigenvalue weighted by atomic mass is 35.5. The first-order valence-electron chi connectivity index (χ1n) is 9.54. The third-order valence-corrected chi connectivity index (χ3v) is 6.96. The SMILES string of the molecule is CCn1c(SCC(=O)N2CCN(c3cccc(Cl)c3)CC2)nnc1-c1cccs1. The van der Waals surface area contributed by atoms with Gasteiger partial charge in [0.2, 0.25) is 5.91 Å². The van der Waals surface area contributed by atoms with Gasteiger partial charge in [-0.1, -0.05) is 35.5 Å². The Morgan fingerprint density at radius 2 is 2.00 bits per heavy atom. The predicted octanol–water partition coefficient (Wildman–Crippen LogP) is 4.12. The van der Waals surface area contributed by atoms with Crippen molar-refractivity contribution in [2.45, 2.75) is 18.6 Å². The molecule has 0 saturated carbocycles. The van der Waals surface area contributed by atoms with Crippen LogP contribution in [0.4, 0.5) is 5.69 Å². The second-order valence-electron chi connectivity index (χ2n) is 6.66. The highest BCUT2D eigenvalue weighted by molar-refractivity contribution is 7.99. The Morgan fingerprint density at radius 3 is 2.69 bits per heavy atom. The van der Waals surface area contributed by atoms with Crippen LogP contribution in [0.1, 0.15) is 6.92 Å². The van der Waals surface area contributed by atoms with Gasteiger partial charge >= 0.3 is 0 Å². The van der Waals surface area contributed by atoms with E-state index in [1.54, 1.807) is 11.3 Å². The van der Waals surface area contributed by atoms with Crippen LogP contribution in [-0.2, 0) is 11.3 Å². The molecule has 0 radical (unpaired) electrons. The quantitative estimate of drug-likeness (QED) is 0.532. The van der Waals surface area contributed by atoms with Gasteiger partial charge in [-0.2, -0.15) is 0 Å². The number of nitrogens with zero attached hydrogens (tertiary/aromatic N) is 5. The minimum absolute atomic E-state index is 0.143. The van der Waals surface area contributed by atoms with E-state index in [0.717, 1.165) is 46.2 Å². The smallest absolute Gasteiger partial charge is 0.233 e. The molecule has 152 valence electrons. The summed E-state index contributed by atoms with van der Waals surface area (Å²) >= 11 is 9.20. The number of hydrogen-bond acceptors (Lipinski definition) is 6. The largest absolute Gasteiger partial charge is 0.368 e. The zero-order chi connectivity index (χ0) is 20.2. The molecule has 9 heteroatoms. The zero-order valence-electron chi connectivity index (χ0n) is 16.1. The van der Waals surface area contributed by atoms with E-state index >= 15 is 0 Å². The lowest BCUT2D eigenvalue weighted by Gasteiger charge is -2.36. The number of amides is 1. The molecule has 29 heavy (non-hydrogen) atoms. The van der Waals surface area contributed by atoms with Gasteiger partial charge in [-0.05, 0) is 36.6 Å². The summed E-state index contributed by atoms with van der Waals surface area (Å²) in [6, 6.07) is 11.9. The number of piperazine rings is 1. The molecule has 1 aromatic carbocycles. The summed E-state index contributed by atoms with van der Waals surface area (Å²) in [6.07, 6.45) is 0. The highest BCUT2D eigenvalue weighted by Crippen LogP contribution is 2.27. The molecule has 1 aliphatic rings. The number of carbonyl (C=O) groups is 1. The van der Waals surface area contributed by atoms with E-state index in [9.17, 15) is 4.79 Å². The number of rotatable bonds is 6. The topological polar surface area (TPSA) is 54.3 Å². The fraction of sp³-hybridized carbons (Fsp3) is 0.350. The summed E-state index contributed by atoms with van der Waals surface area (Å²) in [4.78, 5) is 18.0. The summed E-state index contributed by atoms with van der Waals surface area (Å²) in [7, 11) is 0. The van der Waals surface area contributed by atoms with Gasteiger partial charge in [-0.15, -0.1) is 21.5 Å². The molecular formula is C20H22ClN5OS2. The molecule has 3 heterocycles. The summed E-state index contributed by atoms with van der Waals surface area (Å²) in [5.74, 6) is 1.39. The standard InChI is InChI=1S/C20H22ClN5OS2/c1-2-26-19(17-7-4-12-28-17)22-23-20(26)29-14-18(27)25-10-8-24(9-11-25)16-6-3-5-15(21)13-16/h3-7,12-13H,2,8-11,14H2,1H3. The molecule has 0 N–H and O–H groups in total. The van der Waals surface area contributed by atoms with Gasteiger partial charge in [0.25, 0.3) is 0 Å². The Balaban J connectivity index is 1.33. The molecule has 0 aliphatic carbocycles. The molecule has 1 saturated heterocycles. The first-order chi connectivity index (χ1) is 14.2. The van der Waals surface area contributed by atoms with Crippen LogP contribution < -0.4 is 4.90 Å². The number of carbonyl (C=O) groups excluding carboxylic acids is 1. The Labute approximate surface area is 183 Å². The maximum absolute atomic E-state index is 12.7. The van der Waals surface area contributed by atoms with E-state index in [1.807, 2.05) is 40.6 Å². The molecule has 0 atom stereocenters. The van der Waals surface area contributed by atoms with Gasteiger partial charge in [0.1, 0.15) is 0 Å². The highest BCUT2D eigenvalue weighted by Gasteiger charge is 2.22. The maximum atomic E-state index is 12.7. The molecule has 1 aliphatic heterocycles. The van der Waals surface area contributed by atoms with Crippen LogP contribution in [0.15, 0.2) is 46.9 Å². The van der Waals surface area contributed by atoms with Gasteiger partial charge < -0.3 is 14.4 Å². The van der Waals surface area contributed by atoms with Gasteiger partial charge in [0, 0.05) is 43.4 Å². The number of thiophene rings is 1. The van der Waals surface area contributed by atoms with Crippen LogP contribution >= 0.6 is 34.7 Å². The van der Waals surface area contributed by atoms with Crippen LogP contribution in [0.5, 0.6) is 0 Å². The Hall–Kier alpha value is -2.03. The number of anilines is 1. The number of hydrogen-bond donors (Lipinski definition) is 0. The molecule has 6 nitrogen and oxygen atoms in total. The molecule has 4 rings (SSSR count). The number of benzene rings is 1. The van der Waals surface area contributed by atoms with Gasteiger partial charge in [0.15, 0.2) is 11.0 Å². The van der Waals surface area contributed by atoms with Crippen LogP contribution in [0.25, 0.3) is 10.7 Å². The van der Waals surface area contributed by atoms with Crippen molar-refractivity contribution in [3.05, 3.63) is 46.8 Å². The summed E-state index contributed by atoms with van der Waals surface area (Å²) < 4.78 is 2.07. The minimum atomic E-state index is 0.143. The van der Waals surface area contributed by atoms with Crippen molar-refractivity contribution in [1.29, 1.82) is 0 Å². The van der Waals surface area contributed by atoms with Crippen molar-refractivity contribution in [3.8, 4) is 10.7 Å². The molecule has 0 bridgehead atoms. The minimum Gasteiger partial charge on any atom is -0.368 e. The fourth-order valence-corrected chi connectivity index (χ4v) is 5.18. The fourth-order valence-electron chi connectivity index (χ4n) is 3.37. The van der Waals surface area contributed by atoms with E-state index in [4.69, 9.17) is 11.6 Å². The zero-order valence-corrected chi connectivity index (χ0v) is 18.5. The van der Waals surface area contributed by atoms with Crippen molar-refractivity contribution in [1.82, 2.24) is 19.7 Å². The van der Waals surface area contributed by atoms with Crippen LogP contribution in [-0.4, -0.2) is 57.5 Å². The maximum Gasteiger partial charge on any atom is 0.233 e. The van der Waals surface area contributed by atoms with Gasteiger partial charge in [-0.3, -0.25) is 4.79 Å². The Bertz CT molecular complexity index is 967. The second kappa shape index (κ2) is 9.19. The molecule has 1 fully saturated rings. The molecule has 0 unspecified atom stereocenters. The lowest BCUT2D eigenvalue weighted by molar-refractivity contribution is -0.128. The predicted molar refractivity (Wildman–Crippen MR) is 120 cm³/mol. The number of halogens is 1. The molecule has 0 spiro atoms. The summed E-state index contributed by atoms with van der Waals surface area (Å²) in [6.45, 7) is 5.89. The summed E-state index contributed by atoms with van der Waals surface area (Å²) in [5.41, 5.74) is 1.11. The Kier molecular flexibility index (Phi) is 6.42. The van der Waals surface area contributed by atoms with Gasteiger partial charge in [-0.25, -0.2) is 0 Å². The molecular weight excluding hydrogens is 426 g/mol. The first kappa shape index (κ1) is 20.3. The van der Waals surface area contributed by atoms with Crippen molar-refractivity contribution in [3.63, 3.8) is 0 Å². The average molecular weight is 448 g/mol. The number of thioether (sulfide) groups is 1. The third-order valence-electron chi connectivity index (χ3n) is 4.91. The van der Waals surface area contributed by atoms with Crippen molar-refractivity contribution < 1.29 is 4.79 Å². The van der Waals surface area contributed by atoms with E-state index in [2.05, 4.69) is 32.7 Å².